The molecule has 1 aliphatic rings. The van der Waals surface area contributed by atoms with Crippen LogP contribution in [0.25, 0.3) is 0 Å². The number of hydrogen-bond acceptors (Lipinski definition) is 6. The summed E-state index contributed by atoms with van der Waals surface area (Å²) in [5.41, 5.74) is 1.07. The molecule has 1 amide bonds. The number of benzene rings is 1. The molecule has 2 heterocycles. The van der Waals surface area contributed by atoms with Crippen LogP contribution in [0, 0.1) is 5.92 Å². The zero-order chi connectivity index (χ0) is 14.7. The Morgan fingerprint density at radius 3 is 3.19 bits per heavy atom. The SMILES string of the molecule is CCSc1nnc(NC(=O)[C@H]2COc3ccccc3C2)s1. The van der Waals surface area contributed by atoms with Crippen LogP contribution in [0.2, 0.25) is 0 Å². The maximum atomic E-state index is 12.3. The van der Waals surface area contributed by atoms with Gasteiger partial charge in [-0.3, -0.25) is 4.79 Å². The Hall–Kier alpha value is -1.60. The van der Waals surface area contributed by atoms with E-state index in [1.807, 2.05) is 24.3 Å². The third-order valence-corrected chi connectivity index (χ3v) is 5.01. The van der Waals surface area contributed by atoms with Gasteiger partial charge in [-0.05, 0) is 23.8 Å². The van der Waals surface area contributed by atoms with Crippen molar-refractivity contribution in [3.63, 3.8) is 0 Å². The smallest absolute Gasteiger partial charge is 0.233 e. The first-order chi connectivity index (χ1) is 10.3. The highest BCUT2D eigenvalue weighted by Crippen LogP contribution is 2.29. The summed E-state index contributed by atoms with van der Waals surface area (Å²) in [6, 6.07) is 7.83. The molecule has 1 atom stereocenters. The fourth-order valence-electron chi connectivity index (χ4n) is 2.15. The first-order valence-corrected chi connectivity index (χ1v) is 8.54. The normalized spacial score (nSPS) is 16.9. The Labute approximate surface area is 131 Å². The van der Waals surface area contributed by atoms with Crippen molar-refractivity contribution in [2.24, 2.45) is 5.92 Å². The summed E-state index contributed by atoms with van der Waals surface area (Å²) in [6.45, 7) is 2.46. The fourth-order valence-corrected chi connectivity index (χ4v) is 3.80. The number of aromatic nitrogens is 2. The average Bonchev–Trinajstić information content (AvgIpc) is 2.94. The second-order valence-corrected chi connectivity index (χ2v) is 7.10. The van der Waals surface area contributed by atoms with Gasteiger partial charge in [-0.1, -0.05) is 48.2 Å². The number of thioether (sulfide) groups is 1. The first-order valence-electron chi connectivity index (χ1n) is 6.74. The summed E-state index contributed by atoms with van der Waals surface area (Å²) in [7, 11) is 0. The number of amides is 1. The minimum Gasteiger partial charge on any atom is -0.492 e. The summed E-state index contributed by atoms with van der Waals surface area (Å²) >= 11 is 3.02. The summed E-state index contributed by atoms with van der Waals surface area (Å²) in [6.07, 6.45) is 0.692. The van der Waals surface area contributed by atoms with E-state index in [9.17, 15) is 4.79 Å². The van der Waals surface area contributed by atoms with Gasteiger partial charge in [0.25, 0.3) is 0 Å². The number of nitrogens with zero attached hydrogens (tertiary/aromatic N) is 2. The van der Waals surface area contributed by atoms with Crippen molar-refractivity contribution >= 4 is 34.1 Å². The minimum absolute atomic E-state index is 0.0614. The summed E-state index contributed by atoms with van der Waals surface area (Å²) in [5.74, 6) is 1.56. The molecule has 21 heavy (non-hydrogen) atoms. The number of carbonyl (C=O) groups is 1. The Bertz CT molecular complexity index is 645. The van der Waals surface area contributed by atoms with E-state index < -0.39 is 0 Å². The van der Waals surface area contributed by atoms with Crippen LogP contribution in [-0.4, -0.2) is 28.5 Å². The molecule has 0 saturated carbocycles. The number of fused-ring (bicyclic) bond motifs is 1. The van der Waals surface area contributed by atoms with Crippen LogP contribution in [0.1, 0.15) is 12.5 Å². The lowest BCUT2D eigenvalue weighted by Gasteiger charge is -2.23. The van der Waals surface area contributed by atoms with E-state index in [0.29, 0.717) is 18.2 Å². The molecule has 0 spiro atoms. The third kappa shape index (κ3) is 3.36. The van der Waals surface area contributed by atoms with Gasteiger partial charge in [-0.15, -0.1) is 10.2 Å². The van der Waals surface area contributed by atoms with Crippen molar-refractivity contribution < 1.29 is 9.53 Å². The van der Waals surface area contributed by atoms with E-state index in [1.54, 1.807) is 11.8 Å². The molecule has 110 valence electrons. The van der Waals surface area contributed by atoms with Crippen molar-refractivity contribution in [1.82, 2.24) is 10.2 Å². The van der Waals surface area contributed by atoms with E-state index in [4.69, 9.17) is 4.74 Å². The highest BCUT2D eigenvalue weighted by molar-refractivity contribution is 8.01. The molecule has 0 radical (unpaired) electrons. The lowest BCUT2D eigenvalue weighted by Crippen LogP contribution is -2.32. The number of carbonyl (C=O) groups excluding carboxylic acids is 1. The van der Waals surface area contributed by atoms with Crippen LogP contribution in [0.3, 0.4) is 0 Å². The van der Waals surface area contributed by atoms with Gasteiger partial charge >= 0.3 is 0 Å². The molecule has 0 aliphatic carbocycles. The minimum atomic E-state index is -0.189. The molecule has 7 heteroatoms. The number of hydrogen-bond donors (Lipinski definition) is 1. The monoisotopic (exact) mass is 321 g/mol. The summed E-state index contributed by atoms with van der Waals surface area (Å²) < 4.78 is 6.51. The molecule has 3 rings (SSSR count). The zero-order valence-corrected chi connectivity index (χ0v) is 13.2. The number of anilines is 1. The van der Waals surface area contributed by atoms with Crippen molar-refractivity contribution in [1.29, 1.82) is 0 Å². The maximum absolute atomic E-state index is 12.3. The zero-order valence-electron chi connectivity index (χ0n) is 11.5. The highest BCUT2D eigenvalue weighted by Gasteiger charge is 2.26. The predicted molar refractivity (Wildman–Crippen MR) is 84.1 cm³/mol. The van der Waals surface area contributed by atoms with Crippen LogP contribution >= 0.6 is 23.1 Å². The lowest BCUT2D eigenvalue weighted by atomic mass is 9.96. The molecule has 0 unspecified atom stereocenters. The first kappa shape index (κ1) is 14.3. The molecule has 1 aromatic heterocycles. The Balaban J connectivity index is 1.63. The van der Waals surface area contributed by atoms with E-state index in [2.05, 4.69) is 22.4 Å². The van der Waals surface area contributed by atoms with Crippen LogP contribution in [-0.2, 0) is 11.2 Å². The van der Waals surface area contributed by atoms with E-state index in [-0.39, 0.29) is 11.8 Å². The van der Waals surface area contributed by atoms with Gasteiger partial charge in [0.2, 0.25) is 11.0 Å². The maximum Gasteiger partial charge on any atom is 0.233 e. The Morgan fingerprint density at radius 1 is 1.48 bits per heavy atom. The van der Waals surface area contributed by atoms with E-state index >= 15 is 0 Å². The second kappa shape index (κ2) is 6.44. The van der Waals surface area contributed by atoms with Gasteiger partial charge in [0, 0.05) is 0 Å². The predicted octanol–water partition coefficient (Wildman–Crippen LogP) is 2.84. The van der Waals surface area contributed by atoms with Crippen molar-refractivity contribution in [2.75, 3.05) is 17.7 Å². The summed E-state index contributed by atoms with van der Waals surface area (Å²) in [4.78, 5) is 12.3. The molecule has 1 aromatic carbocycles. The highest BCUT2D eigenvalue weighted by atomic mass is 32.2. The molecule has 1 aliphatic heterocycles. The molecular formula is C14H15N3O2S2. The summed E-state index contributed by atoms with van der Waals surface area (Å²) in [5, 5.41) is 11.4. The lowest BCUT2D eigenvalue weighted by molar-refractivity contribution is -0.121. The molecular weight excluding hydrogens is 306 g/mol. The second-order valence-electron chi connectivity index (χ2n) is 4.62. The van der Waals surface area contributed by atoms with Gasteiger partial charge in [0.05, 0.1) is 5.92 Å². The van der Waals surface area contributed by atoms with Crippen LogP contribution in [0.5, 0.6) is 5.75 Å². The number of nitrogens with one attached hydrogen (secondary N) is 1. The van der Waals surface area contributed by atoms with Gasteiger partial charge in [0.15, 0.2) is 4.34 Å². The molecule has 0 fully saturated rings. The largest absolute Gasteiger partial charge is 0.492 e. The van der Waals surface area contributed by atoms with Crippen molar-refractivity contribution in [2.45, 2.75) is 17.7 Å². The number of ether oxygens (including phenoxy) is 1. The number of para-hydroxylation sites is 1. The standard InChI is InChI=1S/C14H15N3O2S2/c1-2-20-14-17-16-13(21-14)15-12(18)10-7-9-5-3-4-6-11(9)19-8-10/h3-6,10H,2,7-8H2,1H3,(H,15,16,18)/t10-/m1/s1. The number of rotatable bonds is 4. The van der Waals surface area contributed by atoms with Gasteiger partial charge < -0.3 is 10.1 Å². The van der Waals surface area contributed by atoms with Crippen LogP contribution < -0.4 is 10.1 Å². The van der Waals surface area contributed by atoms with Crippen LogP contribution in [0.4, 0.5) is 5.13 Å². The average molecular weight is 321 g/mol. The van der Waals surface area contributed by atoms with Gasteiger partial charge in [-0.25, -0.2) is 0 Å². The van der Waals surface area contributed by atoms with E-state index in [0.717, 1.165) is 21.4 Å². The molecule has 0 bridgehead atoms. The van der Waals surface area contributed by atoms with Crippen LogP contribution in [0.15, 0.2) is 28.6 Å². The third-order valence-electron chi connectivity index (χ3n) is 3.15. The topological polar surface area (TPSA) is 64.1 Å². The molecule has 1 N–H and O–H groups in total. The fraction of sp³-hybridized carbons (Fsp3) is 0.357. The Kier molecular flexibility index (Phi) is 4.40. The van der Waals surface area contributed by atoms with Gasteiger partial charge in [-0.2, -0.15) is 0 Å². The van der Waals surface area contributed by atoms with E-state index in [1.165, 1.54) is 11.3 Å². The van der Waals surface area contributed by atoms with Gasteiger partial charge in [0.1, 0.15) is 12.4 Å². The molecule has 2 aromatic rings. The quantitative estimate of drug-likeness (QED) is 0.693. The van der Waals surface area contributed by atoms with Crippen molar-refractivity contribution in [3.05, 3.63) is 29.8 Å². The molecule has 5 nitrogen and oxygen atoms in total. The van der Waals surface area contributed by atoms with Crippen molar-refractivity contribution in [3.8, 4) is 5.75 Å². The molecule has 0 saturated heterocycles. The Morgan fingerprint density at radius 2 is 2.33 bits per heavy atom.